The van der Waals surface area contributed by atoms with E-state index in [1.54, 1.807) is 18.3 Å². The molecule has 0 saturated heterocycles. The minimum absolute atomic E-state index is 0.0600. The molecule has 19 heavy (non-hydrogen) atoms. The monoisotopic (exact) mass is 276 g/mol. The second-order valence-corrected chi connectivity index (χ2v) is 4.95. The van der Waals surface area contributed by atoms with Crippen LogP contribution >= 0.6 is 12.2 Å². The van der Waals surface area contributed by atoms with E-state index in [9.17, 15) is 9.59 Å². The molecule has 2 heterocycles. The van der Waals surface area contributed by atoms with Crippen LogP contribution in [0.3, 0.4) is 0 Å². The lowest BCUT2D eigenvalue weighted by atomic mass is 10.3. The van der Waals surface area contributed by atoms with Crippen LogP contribution in [0.25, 0.3) is 11.0 Å². The molecule has 3 rings (SSSR count). The van der Waals surface area contributed by atoms with E-state index in [0.29, 0.717) is 11.0 Å². The van der Waals surface area contributed by atoms with Crippen molar-refractivity contribution < 1.29 is 4.79 Å². The van der Waals surface area contributed by atoms with Gasteiger partial charge in [0.25, 0.3) is 5.56 Å². The summed E-state index contributed by atoms with van der Waals surface area (Å²) in [7, 11) is 0. The zero-order valence-corrected chi connectivity index (χ0v) is 10.9. The zero-order valence-electron chi connectivity index (χ0n) is 10.0. The molecule has 0 spiro atoms. The van der Waals surface area contributed by atoms with Crippen molar-refractivity contribution >= 4 is 29.2 Å². The lowest BCUT2D eigenvalue weighted by molar-refractivity contribution is -0.121. The fraction of sp³-hybridized carbons (Fsp3) is 0.333. The van der Waals surface area contributed by atoms with E-state index in [-0.39, 0.29) is 28.8 Å². The summed E-state index contributed by atoms with van der Waals surface area (Å²) in [6.07, 6.45) is 3.60. The Kier molecular flexibility index (Phi) is 2.90. The molecule has 2 aromatic heterocycles. The number of aromatic amines is 1. The van der Waals surface area contributed by atoms with Crippen molar-refractivity contribution in [2.45, 2.75) is 25.4 Å². The molecule has 0 aliphatic heterocycles. The highest BCUT2D eigenvalue weighted by atomic mass is 32.1. The number of fused-ring (bicyclic) bond motifs is 1. The van der Waals surface area contributed by atoms with Crippen LogP contribution in [0.4, 0.5) is 0 Å². The number of amides is 1. The molecule has 7 heteroatoms. The normalized spacial score (nSPS) is 14.5. The van der Waals surface area contributed by atoms with Gasteiger partial charge < -0.3 is 10.3 Å². The number of hydrogen-bond donors (Lipinski definition) is 2. The average molecular weight is 276 g/mol. The molecular formula is C12H12N4O2S. The van der Waals surface area contributed by atoms with Gasteiger partial charge >= 0.3 is 0 Å². The van der Waals surface area contributed by atoms with Crippen molar-refractivity contribution in [3.63, 3.8) is 0 Å². The molecule has 1 amide bonds. The molecule has 1 aliphatic rings. The molecule has 1 fully saturated rings. The molecule has 1 saturated carbocycles. The minimum atomic E-state index is -0.294. The summed E-state index contributed by atoms with van der Waals surface area (Å²) in [6, 6.07) is 3.60. The third kappa shape index (κ3) is 2.41. The number of rotatable bonds is 3. The Morgan fingerprint density at radius 1 is 1.58 bits per heavy atom. The Balaban J connectivity index is 2.00. The number of aromatic nitrogens is 3. The first kappa shape index (κ1) is 12.0. The summed E-state index contributed by atoms with van der Waals surface area (Å²) in [5.74, 6) is -0.188. The van der Waals surface area contributed by atoms with Crippen LogP contribution in [0, 0.1) is 4.77 Å². The smallest absolute Gasteiger partial charge is 0.264 e. The molecule has 6 nitrogen and oxygen atoms in total. The van der Waals surface area contributed by atoms with Gasteiger partial charge in [0.15, 0.2) is 4.77 Å². The van der Waals surface area contributed by atoms with Crippen molar-refractivity contribution in [2.75, 3.05) is 0 Å². The topological polar surface area (TPSA) is 79.8 Å². The van der Waals surface area contributed by atoms with Gasteiger partial charge in [0, 0.05) is 12.2 Å². The molecule has 98 valence electrons. The first-order valence-corrected chi connectivity index (χ1v) is 6.43. The van der Waals surface area contributed by atoms with E-state index in [0.717, 1.165) is 12.8 Å². The van der Waals surface area contributed by atoms with E-state index in [1.807, 2.05) is 0 Å². The van der Waals surface area contributed by atoms with Crippen LogP contribution in [0.5, 0.6) is 0 Å². The molecule has 0 aromatic carbocycles. The summed E-state index contributed by atoms with van der Waals surface area (Å²) in [5, 5.41) is 3.26. The lowest BCUT2D eigenvalue weighted by Crippen LogP contribution is -2.34. The number of carbonyl (C=O) groups is 1. The predicted octanol–water partition coefficient (Wildman–Crippen LogP) is 0.733. The van der Waals surface area contributed by atoms with Crippen molar-refractivity contribution in [3.8, 4) is 0 Å². The number of hydrogen-bond acceptors (Lipinski definition) is 4. The van der Waals surface area contributed by atoms with Gasteiger partial charge in [0.1, 0.15) is 12.2 Å². The van der Waals surface area contributed by atoms with E-state index in [4.69, 9.17) is 12.2 Å². The molecule has 2 aromatic rings. The first-order valence-electron chi connectivity index (χ1n) is 6.02. The number of nitrogens with zero attached hydrogens (tertiary/aromatic N) is 2. The molecular weight excluding hydrogens is 264 g/mol. The average Bonchev–Trinajstić information content (AvgIpc) is 3.18. The number of nitrogens with one attached hydrogen (secondary N) is 2. The molecule has 0 atom stereocenters. The SMILES string of the molecule is O=C(Cn1c(=S)[nH]c2ncccc2c1=O)NC1CC1. The van der Waals surface area contributed by atoms with Crippen molar-refractivity contribution in [3.05, 3.63) is 33.5 Å². The summed E-state index contributed by atoms with van der Waals surface area (Å²) < 4.78 is 1.47. The van der Waals surface area contributed by atoms with Gasteiger partial charge in [0.2, 0.25) is 5.91 Å². The van der Waals surface area contributed by atoms with E-state index >= 15 is 0 Å². The third-order valence-corrected chi connectivity index (χ3v) is 3.32. The second-order valence-electron chi connectivity index (χ2n) is 4.56. The third-order valence-electron chi connectivity index (χ3n) is 3.00. The maximum Gasteiger partial charge on any atom is 0.264 e. The second kappa shape index (κ2) is 4.58. The van der Waals surface area contributed by atoms with Crippen LogP contribution < -0.4 is 10.9 Å². The van der Waals surface area contributed by atoms with Gasteiger partial charge in [-0.05, 0) is 37.2 Å². The molecule has 0 unspecified atom stereocenters. The Morgan fingerprint density at radius 3 is 3.11 bits per heavy atom. The molecule has 2 N–H and O–H groups in total. The van der Waals surface area contributed by atoms with Crippen LogP contribution in [-0.2, 0) is 11.3 Å². The maximum absolute atomic E-state index is 12.2. The quantitative estimate of drug-likeness (QED) is 0.810. The van der Waals surface area contributed by atoms with Crippen LogP contribution in [0.15, 0.2) is 23.1 Å². The summed E-state index contributed by atoms with van der Waals surface area (Å²) in [6.45, 7) is -0.0600. The van der Waals surface area contributed by atoms with Gasteiger partial charge in [-0.25, -0.2) is 4.98 Å². The van der Waals surface area contributed by atoms with Gasteiger partial charge in [-0.1, -0.05) is 0 Å². The van der Waals surface area contributed by atoms with E-state index < -0.39 is 0 Å². The number of H-pyrrole nitrogens is 1. The fourth-order valence-electron chi connectivity index (χ4n) is 1.87. The van der Waals surface area contributed by atoms with Crippen LogP contribution in [0.2, 0.25) is 0 Å². The van der Waals surface area contributed by atoms with Crippen LogP contribution in [0.1, 0.15) is 12.8 Å². The molecule has 0 radical (unpaired) electrons. The van der Waals surface area contributed by atoms with E-state index in [1.165, 1.54) is 4.57 Å². The summed E-state index contributed by atoms with van der Waals surface area (Å²) in [5.41, 5.74) is 0.147. The standard InChI is InChI=1S/C12H12N4O2S/c17-9(14-7-3-4-7)6-16-11(18)8-2-1-5-13-10(8)15-12(16)19/h1-2,5,7H,3-4,6H2,(H,14,17)(H,13,15,19). The fourth-order valence-corrected chi connectivity index (χ4v) is 2.12. The van der Waals surface area contributed by atoms with Gasteiger partial charge in [-0.15, -0.1) is 0 Å². The zero-order chi connectivity index (χ0) is 13.4. The van der Waals surface area contributed by atoms with Gasteiger partial charge in [-0.3, -0.25) is 14.2 Å². The molecule has 1 aliphatic carbocycles. The van der Waals surface area contributed by atoms with E-state index in [2.05, 4.69) is 15.3 Å². The minimum Gasteiger partial charge on any atom is -0.352 e. The van der Waals surface area contributed by atoms with Crippen molar-refractivity contribution in [2.24, 2.45) is 0 Å². The lowest BCUT2D eigenvalue weighted by Gasteiger charge is -2.07. The summed E-state index contributed by atoms with van der Waals surface area (Å²) >= 11 is 5.10. The van der Waals surface area contributed by atoms with Crippen molar-refractivity contribution in [1.29, 1.82) is 0 Å². The van der Waals surface area contributed by atoms with Gasteiger partial charge in [0.05, 0.1) is 5.39 Å². The molecule has 0 bridgehead atoms. The maximum atomic E-state index is 12.2. The Hall–Kier alpha value is -2.02. The first-order chi connectivity index (χ1) is 9.15. The highest BCUT2D eigenvalue weighted by Crippen LogP contribution is 2.18. The largest absolute Gasteiger partial charge is 0.352 e. The Labute approximate surface area is 113 Å². The Morgan fingerprint density at radius 2 is 2.37 bits per heavy atom. The highest BCUT2D eigenvalue weighted by molar-refractivity contribution is 7.71. The number of carbonyl (C=O) groups excluding carboxylic acids is 1. The highest BCUT2D eigenvalue weighted by Gasteiger charge is 2.23. The predicted molar refractivity (Wildman–Crippen MR) is 72.4 cm³/mol. The van der Waals surface area contributed by atoms with Crippen molar-refractivity contribution in [1.82, 2.24) is 19.9 Å². The number of pyridine rings is 1. The Bertz CT molecular complexity index is 760. The van der Waals surface area contributed by atoms with Crippen LogP contribution in [-0.4, -0.2) is 26.5 Å². The summed E-state index contributed by atoms with van der Waals surface area (Å²) in [4.78, 5) is 30.9. The van der Waals surface area contributed by atoms with Gasteiger partial charge in [-0.2, -0.15) is 0 Å².